The van der Waals surface area contributed by atoms with Crippen molar-refractivity contribution in [2.24, 2.45) is 5.84 Å². The second-order valence-electron chi connectivity index (χ2n) is 4.51. The summed E-state index contributed by atoms with van der Waals surface area (Å²) in [5.74, 6) is 4.50. The van der Waals surface area contributed by atoms with Crippen molar-refractivity contribution in [3.63, 3.8) is 0 Å². The molecule has 6 heteroatoms. The van der Waals surface area contributed by atoms with Gasteiger partial charge in [0, 0.05) is 11.1 Å². The second-order valence-corrected chi connectivity index (χ2v) is 4.51. The summed E-state index contributed by atoms with van der Waals surface area (Å²) in [6, 6.07) is 4.40. The molecule has 106 valence electrons. The second kappa shape index (κ2) is 6.02. The molecule has 0 aliphatic heterocycles. The maximum Gasteiger partial charge on any atom is 0.128 e. The molecule has 2 rings (SSSR count). The SMILES string of the molecule is CCc1nnc(C)cc1C(NN)c1cc(F)ccc1F. The molecule has 2 aromatic rings. The monoisotopic (exact) mass is 278 g/mol. The average Bonchev–Trinajstić information content (AvgIpc) is 2.44. The van der Waals surface area contributed by atoms with Crippen LogP contribution in [0.25, 0.3) is 0 Å². The fourth-order valence-electron chi connectivity index (χ4n) is 2.14. The van der Waals surface area contributed by atoms with Crippen molar-refractivity contribution >= 4 is 0 Å². The summed E-state index contributed by atoms with van der Waals surface area (Å²) in [5.41, 5.74) is 4.76. The number of hydrogen-bond acceptors (Lipinski definition) is 4. The molecule has 1 unspecified atom stereocenters. The van der Waals surface area contributed by atoms with Gasteiger partial charge in [0.25, 0.3) is 0 Å². The van der Waals surface area contributed by atoms with Crippen LogP contribution in [0.4, 0.5) is 8.78 Å². The first-order valence-corrected chi connectivity index (χ1v) is 6.31. The van der Waals surface area contributed by atoms with Crippen LogP contribution in [0.15, 0.2) is 24.3 Å². The smallest absolute Gasteiger partial charge is 0.128 e. The third-order valence-electron chi connectivity index (χ3n) is 3.11. The Bertz CT molecular complexity index is 616. The molecule has 20 heavy (non-hydrogen) atoms. The Kier molecular flexibility index (Phi) is 4.36. The summed E-state index contributed by atoms with van der Waals surface area (Å²) in [7, 11) is 0. The summed E-state index contributed by atoms with van der Waals surface area (Å²) in [6.07, 6.45) is 0.623. The van der Waals surface area contributed by atoms with E-state index < -0.39 is 17.7 Å². The molecule has 4 nitrogen and oxygen atoms in total. The number of hydrogen-bond donors (Lipinski definition) is 2. The van der Waals surface area contributed by atoms with E-state index in [-0.39, 0.29) is 5.56 Å². The molecule has 0 aliphatic rings. The number of aromatic nitrogens is 2. The standard InChI is InChI=1S/C14H16F2N4/c1-3-13-11(6-8(2)19-20-13)14(18-17)10-7-9(15)4-5-12(10)16/h4-7,14,18H,3,17H2,1-2H3. The van der Waals surface area contributed by atoms with E-state index >= 15 is 0 Å². The van der Waals surface area contributed by atoms with Gasteiger partial charge in [0.2, 0.25) is 0 Å². The van der Waals surface area contributed by atoms with E-state index in [1.54, 1.807) is 13.0 Å². The van der Waals surface area contributed by atoms with E-state index in [1.165, 1.54) is 0 Å². The largest absolute Gasteiger partial charge is 0.271 e. The Morgan fingerprint density at radius 2 is 1.95 bits per heavy atom. The van der Waals surface area contributed by atoms with Crippen LogP contribution in [0.2, 0.25) is 0 Å². The maximum absolute atomic E-state index is 13.9. The summed E-state index contributed by atoms with van der Waals surface area (Å²) in [5, 5.41) is 8.06. The Hall–Kier alpha value is -1.92. The van der Waals surface area contributed by atoms with E-state index in [0.717, 1.165) is 18.2 Å². The zero-order valence-electron chi connectivity index (χ0n) is 11.3. The van der Waals surface area contributed by atoms with Crippen LogP contribution in [0.3, 0.4) is 0 Å². The minimum atomic E-state index is -0.671. The van der Waals surface area contributed by atoms with Crippen LogP contribution >= 0.6 is 0 Å². The third kappa shape index (κ3) is 2.81. The number of aryl methyl sites for hydroxylation is 2. The molecule has 0 saturated heterocycles. The number of halogens is 2. The lowest BCUT2D eigenvalue weighted by molar-refractivity contribution is 0.541. The molecule has 0 saturated carbocycles. The summed E-state index contributed by atoms with van der Waals surface area (Å²) in [6.45, 7) is 3.70. The van der Waals surface area contributed by atoms with Crippen LogP contribution in [-0.4, -0.2) is 10.2 Å². The number of benzene rings is 1. The zero-order chi connectivity index (χ0) is 14.7. The van der Waals surface area contributed by atoms with E-state index in [9.17, 15) is 8.78 Å². The molecule has 0 radical (unpaired) electrons. The number of nitrogens with one attached hydrogen (secondary N) is 1. The van der Waals surface area contributed by atoms with Gasteiger partial charge in [0.05, 0.1) is 17.4 Å². The molecular weight excluding hydrogens is 262 g/mol. The molecular formula is C14H16F2N4. The predicted molar refractivity (Wildman–Crippen MR) is 71.7 cm³/mol. The Morgan fingerprint density at radius 3 is 2.60 bits per heavy atom. The highest BCUT2D eigenvalue weighted by Gasteiger charge is 2.21. The minimum Gasteiger partial charge on any atom is -0.271 e. The number of nitrogens with two attached hydrogens (primary N) is 1. The summed E-state index contributed by atoms with van der Waals surface area (Å²) in [4.78, 5) is 0. The van der Waals surface area contributed by atoms with Gasteiger partial charge in [-0.3, -0.25) is 5.84 Å². The maximum atomic E-state index is 13.9. The Morgan fingerprint density at radius 1 is 1.20 bits per heavy atom. The first-order valence-electron chi connectivity index (χ1n) is 6.31. The van der Waals surface area contributed by atoms with Gasteiger partial charge in [-0.1, -0.05) is 6.92 Å². The van der Waals surface area contributed by atoms with Crippen molar-refractivity contribution in [1.29, 1.82) is 0 Å². The van der Waals surface area contributed by atoms with Crippen LogP contribution in [0.1, 0.15) is 35.5 Å². The van der Waals surface area contributed by atoms with E-state index in [4.69, 9.17) is 5.84 Å². The van der Waals surface area contributed by atoms with E-state index in [0.29, 0.717) is 23.4 Å². The lowest BCUT2D eigenvalue weighted by Gasteiger charge is -2.20. The van der Waals surface area contributed by atoms with Gasteiger partial charge in [-0.2, -0.15) is 10.2 Å². The summed E-state index contributed by atoms with van der Waals surface area (Å²) >= 11 is 0. The van der Waals surface area contributed by atoms with E-state index in [2.05, 4.69) is 15.6 Å². The highest BCUT2D eigenvalue weighted by molar-refractivity contribution is 5.35. The molecule has 1 heterocycles. The van der Waals surface area contributed by atoms with Gasteiger partial charge >= 0.3 is 0 Å². The molecule has 1 atom stereocenters. The van der Waals surface area contributed by atoms with Gasteiger partial charge in [0.1, 0.15) is 11.6 Å². The Balaban J connectivity index is 2.57. The number of rotatable bonds is 4. The van der Waals surface area contributed by atoms with Gasteiger partial charge in [-0.25, -0.2) is 14.2 Å². The minimum absolute atomic E-state index is 0.148. The van der Waals surface area contributed by atoms with Crippen molar-refractivity contribution in [2.75, 3.05) is 0 Å². The van der Waals surface area contributed by atoms with Gasteiger partial charge in [0.15, 0.2) is 0 Å². The Labute approximate surface area is 116 Å². The van der Waals surface area contributed by atoms with Crippen LogP contribution in [0, 0.1) is 18.6 Å². The number of hydrazine groups is 1. The highest BCUT2D eigenvalue weighted by atomic mass is 19.1. The van der Waals surface area contributed by atoms with Crippen molar-refractivity contribution in [2.45, 2.75) is 26.3 Å². The van der Waals surface area contributed by atoms with Crippen molar-refractivity contribution in [3.8, 4) is 0 Å². The average molecular weight is 278 g/mol. The fraction of sp³-hybridized carbons (Fsp3) is 0.286. The first-order chi connectivity index (χ1) is 9.56. The first kappa shape index (κ1) is 14.5. The molecule has 0 fully saturated rings. The van der Waals surface area contributed by atoms with Crippen LogP contribution < -0.4 is 11.3 Å². The van der Waals surface area contributed by atoms with Gasteiger partial charge in [-0.15, -0.1) is 0 Å². The van der Waals surface area contributed by atoms with Crippen LogP contribution in [-0.2, 0) is 6.42 Å². The topological polar surface area (TPSA) is 63.8 Å². The van der Waals surface area contributed by atoms with Crippen LogP contribution in [0.5, 0.6) is 0 Å². The fourth-order valence-corrected chi connectivity index (χ4v) is 2.14. The molecule has 0 bridgehead atoms. The molecule has 3 N–H and O–H groups in total. The molecule has 0 amide bonds. The van der Waals surface area contributed by atoms with Crippen molar-refractivity contribution in [3.05, 3.63) is 58.4 Å². The molecule has 1 aromatic heterocycles. The lowest BCUT2D eigenvalue weighted by atomic mass is 9.96. The van der Waals surface area contributed by atoms with E-state index in [1.807, 2.05) is 6.92 Å². The molecule has 0 aliphatic carbocycles. The highest BCUT2D eigenvalue weighted by Crippen LogP contribution is 2.26. The zero-order valence-corrected chi connectivity index (χ0v) is 11.3. The summed E-state index contributed by atoms with van der Waals surface area (Å²) < 4.78 is 27.3. The lowest BCUT2D eigenvalue weighted by Crippen LogP contribution is -2.31. The third-order valence-corrected chi connectivity index (χ3v) is 3.11. The van der Waals surface area contributed by atoms with Crippen molar-refractivity contribution in [1.82, 2.24) is 15.6 Å². The van der Waals surface area contributed by atoms with Gasteiger partial charge in [-0.05, 0) is 37.6 Å². The normalized spacial score (nSPS) is 12.4. The van der Waals surface area contributed by atoms with Crippen molar-refractivity contribution < 1.29 is 8.78 Å². The molecule has 1 aromatic carbocycles. The molecule has 0 spiro atoms. The number of nitrogens with zero attached hydrogens (tertiary/aromatic N) is 2. The predicted octanol–water partition coefficient (Wildman–Crippen LogP) is 2.18. The quantitative estimate of drug-likeness (QED) is 0.664. The van der Waals surface area contributed by atoms with Gasteiger partial charge < -0.3 is 0 Å².